The normalized spacial score (nSPS) is 22.3. The molecule has 2 aromatic heterocycles. The highest BCUT2D eigenvalue weighted by Gasteiger charge is 2.43. The zero-order valence-corrected chi connectivity index (χ0v) is 17.0. The molecule has 0 saturated carbocycles. The van der Waals surface area contributed by atoms with Gasteiger partial charge in [-0.3, -0.25) is 4.90 Å². The molecule has 0 unspecified atom stereocenters. The third kappa shape index (κ3) is 2.96. The topological polar surface area (TPSA) is 61.6 Å². The molecule has 2 bridgehead atoms. The van der Waals surface area contributed by atoms with Crippen molar-refractivity contribution in [1.82, 2.24) is 24.5 Å². The second kappa shape index (κ2) is 6.45. The van der Waals surface area contributed by atoms with Crippen LogP contribution in [-0.2, 0) is 0 Å². The van der Waals surface area contributed by atoms with Gasteiger partial charge in [-0.15, -0.1) is 0 Å². The van der Waals surface area contributed by atoms with Crippen molar-refractivity contribution < 1.29 is 0 Å². The minimum Gasteiger partial charge on any atom is -0.366 e. The lowest BCUT2D eigenvalue weighted by Crippen LogP contribution is -2.48. The highest BCUT2D eigenvalue weighted by Crippen LogP contribution is 2.36. The summed E-state index contributed by atoms with van der Waals surface area (Å²) in [4.78, 5) is 14.0. The van der Waals surface area contributed by atoms with E-state index in [0.29, 0.717) is 34.2 Å². The van der Waals surface area contributed by atoms with Gasteiger partial charge in [0.25, 0.3) is 0 Å². The standard InChI is InChI=1S/C19H22BrN7/c1-12(2)25-8-16-7-15(25)9-26(16)14-5-3-13(4-6-14)23-18-19-21-11-22-27(19)10-17(20)24-18/h3-6,10-12,15-16H,7-9H2,1-2H3,(H,23,24)/t15-,16-/m1/s1. The molecule has 2 atom stereocenters. The number of rotatable bonds is 4. The fourth-order valence-corrected chi connectivity index (χ4v) is 4.78. The molecule has 0 amide bonds. The predicted octanol–water partition coefficient (Wildman–Crippen LogP) is 3.30. The molecule has 8 heteroatoms. The van der Waals surface area contributed by atoms with Crippen LogP contribution >= 0.6 is 15.9 Å². The number of likely N-dealkylation sites (tertiary alicyclic amines) is 1. The number of fused-ring (bicyclic) bond motifs is 3. The Bertz CT molecular complexity index is 968. The maximum atomic E-state index is 4.49. The number of nitrogens with one attached hydrogen (secondary N) is 1. The summed E-state index contributed by atoms with van der Waals surface area (Å²) in [6, 6.07) is 10.6. The van der Waals surface area contributed by atoms with Crippen molar-refractivity contribution in [2.24, 2.45) is 0 Å². The first-order chi connectivity index (χ1) is 13.1. The van der Waals surface area contributed by atoms with Crippen molar-refractivity contribution in [2.45, 2.75) is 38.4 Å². The van der Waals surface area contributed by atoms with Gasteiger partial charge in [-0.2, -0.15) is 5.10 Å². The van der Waals surface area contributed by atoms with Crippen LogP contribution in [0.5, 0.6) is 0 Å². The van der Waals surface area contributed by atoms with Crippen molar-refractivity contribution in [2.75, 3.05) is 23.3 Å². The van der Waals surface area contributed by atoms with Gasteiger partial charge in [0.05, 0.1) is 6.20 Å². The summed E-state index contributed by atoms with van der Waals surface area (Å²) in [5.74, 6) is 0.683. The second-order valence-electron chi connectivity index (χ2n) is 7.60. The van der Waals surface area contributed by atoms with E-state index in [1.165, 1.54) is 25.0 Å². The number of aromatic nitrogens is 4. The maximum Gasteiger partial charge on any atom is 0.198 e. The van der Waals surface area contributed by atoms with Crippen LogP contribution in [0.4, 0.5) is 17.2 Å². The SMILES string of the molecule is CC(C)N1C[C@H]2C[C@@H]1CN2c1ccc(Nc2nc(Br)cn3ncnc23)cc1. The summed E-state index contributed by atoms with van der Waals surface area (Å²) in [5.41, 5.74) is 2.99. The number of halogens is 1. The number of piperazine rings is 1. The van der Waals surface area contributed by atoms with E-state index in [1.807, 2.05) is 0 Å². The minimum atomic E-state index is 0.638. The Morgan fingerprint density at radius 1 is 1.15 bits per heavy atom. The summed E-state index contributed by atoms with van der Waals surface area (Å²) in [5, 5.41) is 7.53. The fraction of sp³-hybridized carbons (Fsp3) is 0.421. The van der Waals surface area contributed by atoms with E-state index < -0.39 is 0 Å². The number of anilines is 3. The molecule has 4 heterocycles. The maximum absolute atomic E-state index is 4.49. The predicted molar refractivity (Wildman–Crippen MR) is 110 cm³/mol. The molecular weight excluding hydrogens is 406 g/mol. The van der Waals surface area contributed by atoms with Crippen molar-refractivity contribution in [3.63, 3.8) is 0 Å². The molecule has 27 heavy (non-hydrogen) atoms. The molecular formula is C19H22BrN7. The number of nitrogens with zero attached hydrogens (tertiary/aromatic N) is 6. The highest BCUT2D eigenvalue weighted by atomic mass is 79.9. The van der Waals surface area contributed by atoms with Gasteiger partial charge >= 0.3 is 0 Å². The van der Waals surface area contributed by atoms with Crippen LogP contribution in [0.15, 0.2) is 41.4 Å². The van der Waals surface area contributed by atoms with Gasteiger partial charge in [0.15, 0.2) is 11.5 Å². The van der Waals surface area contributed by atoms with Gasteiger partial charge in [0.1, 0.15) is 10.9 Å². The Hall–Kier alpha value is -2.19. The van der Waals surface area contributed by atoms with E-state index in [4.69, 9.17) is 0 Å². The number of hydrogen-bond acceptors (Lipinski definition) is 6. The summed E-state index contributed by atoms with van der Waals surface area (Å²) < 4.78 is 2.41. The van der Waals surface area contributed by atoms with Crippen LogP contribution in [0, 0.1) is 0 Å². The van der Waals surface area contributed by atoms with E-state index in [0.717, 1.165) is 12.2 Å². The van der Waals surface area contributed by atoms with Crippen molar-refractivity contribution in [3.8, 4) is 0 Å². The van der Waals surface area contributed by atoms with Crippen LogP contribution in [0.25, 0.3) is 5.65 Å². The van der Waals surface area contributed by atoms with Crippen LogP contribution in [0.2, 0.25) is 0 Å². The first-order valence-electron chi connectivity index (χ1n) is 9.34. The third-order valence-electron chi connectivity index (χ3n) is 5.64. The fourth-order valence-electron chi connectivity index (χ4n) is 4.40. The third-order valence-corrected chi connectivity index (χ3v) is 6.02. The van der Waals surface area contributed by atoms with Crippen LogP contribution in [0.1, 0.15) is 20.3 Å². The molecule has 1 N–H and O–H groups in total. The second-order valence-corrected chi connectivity index (χ2v) is 8.41. The smallest absolute Gasteiger partial charge is 0.198 e. The molecule has 2 aliphatic rings. The van der Waals surface area contributed by atoms with Crippen LogP contribution in [-0.4, -0.2) is 55.7 Å². The molecule has 2 saturated heterocycles. The van der Waals surface area contributed by atoms with Gasteiger partial charge in [0, 0.05) is 42.6 Å². The van der Waals surface area contributed by atoms with E-state index in [-0.39, 0.29) is 0 Å². The molecule has 1 aromatic carbocycles. The lowest BCUT2D eigenvalue weighted by molar-refractivity contribution is 0.191. The van der Waals surface area contributed by atoms with Crippen molar-refractivity contribution in [1.29, 1.82) is 0 Å². The van der Waals surface area contributed by atoms with E-state index in [2.05, 4.69) is 84.2 Å². The average Bonchev–Trinajstić information content (AvgIpc) is 3.37. The Labute approximate surface area is 166 Å². The summed E-state index contributed by atoms with van der Waals surface area (Å²) in [7, 11) is 0. The first kappa shape index (κ1) is 16.9. The first-order valence-corrected chi connectivity index (χ1v) is 10.1. The van der Waals surface area contributed by atoms with Gasteiger partial charge in [-0.1, -0.05) is 0 Å². The Morgan fingerprint density at radius 3 is 2.67 bits per heavy atom. The van der Waals surface area contributed by atoms with Gasteiger partial charge in [-0.05, 0) is 60.5 Å². The van der Waals surface area contributed by atoms with Crippen molar-refractivity contribution >= 4 is 38.8 Å². The molecule has 2 fully saturated rings. The largest absolute Gasteiger partial charge is 0.366 e. The summed E-state index contributed by atoms with van der Waals surface area (Å²) >= 11 is 3.42. The summed E-state index contributed by atoms with van der Waals surface area (Å²) in [6.07, 6.45) is 4.60. The molecule has 7 nitrogen and oxygen atoms in total. The molecule has 0 aliphatic carbocycles. The van der Waals surface area contributed by atoms with E-state index in [9.17, 15) is 0 Å². The minimum absolute atomic E-state index is 0.638. The summed E-state index contributed by atoms with van der Waals surface area (Å²) in [6.45, 7) is 6.90. The monoisotopic (exact) mass is 427 g/mol. The number of hydrogen-bond donors (Lipinski definition) is 1. The average molecular weight is 428 g/mol. The zero-order chi connectivity index (χ0) is 18.5. The lowest BCUT2D eigenvalue weighted by Gasteiger charge is -2.37. The van der Waals surface area contributed by atoms with Gasteiger partial charge in [-0.25, -0.2) is 14.5 Å². The van der Waals surface area contributed by atoms with Crippen molar-refractivity contribution in [3.05, 3.63) is 41.4 Å². The lowest BCUT2D eigenvalue weighted by atomic mass is 10.2. The Kier molecular flexibility index (Phi) is 4.05. The Morgan fingerprint density at radius 2 is 1.96 bits per heavy atom. The van der Waals surface area contributed by atoms with Crippen LogP contribution in [0.3, 0.4) is 0 Å². The van der Waals surface area contributed by atoms with Gasteiger partial charge in [0.2, 0.25) is 0 Å². The van der Waals surface area contributed by atoms with Gasteiger partial charge < -0.3 is 10.2 Å². The zero-order valence-electron chi connectivity index (χ0n) is 15.4. The molecule has 3 aromatic rings. The quantitative estimate of drug-likeness (QED) is 0.688. The molecule has 0 spiro atoms. The highest BCUT2D eigenvalue weighted by molar-refractivity contribution is 9.10. The molecule has 140 valence electrons. The molecule has 0 radical (unpaired) electrons. The molecule has 2 aliphatic heterocycles. The molecule has 5 rings (SSSR count). The van der Waals surface area contributed by atoms with E-state index in [1.54, 1.807) is 10.7 Å². The Balaban J connectivity index is 1.33. The number of benzene rings is 1. The van der Waals surface area contributed by atoms with Crippen LogP contribution < -0.4 is 10.2 Å². The van der Waals surface area contributed by atoms with E-state index >= 15 is 0 Å².